The lowest BCUT2D eigenvalue weighted by atomic mass is 10.1. The van der Waals surface area contributed by atoms with Gasteiger partial charge in [0.1, 0.15) is 18.1 Å². The number of benzene rings is 2. The Balaban J connectivity index is 1.67. The van der Waals surface area contributed by atoms with E-state index in [0.29, 0.717) is 60.8 Å². The molecule has 2 aromatic carbocycles. The van der Waals surface area contributed by atoms with Gasteiger partial charge in [-0.2, -0.15) is 0 Å². The van der Waals surface area contributed by atoms with E-state index in [4.69, 9.17) is 14.2 Å². The number of pyridine rings is 1. The lowest BCUT2D eigenvalue weighted by Crippen LogP contribution is -2.31. The number of ether oxygens (including phenoxy) is 3. The summed E-state index contributed by atoms with van der Waals surface area (Å²) in [5, 5.41) is 15.7. The Morgan fingerprint density at radius 2 is 1.84 bits per heavy atom. The van der Waals surface area contributed by atoms with Crippen LogP contribution >= 0.6 is 0 Å². The average molecular weight is 525 g/mol. The minimum absolute atomic E-state index is 0.124. The zero-order valence-electron chi connectivity index (χ0n) is 22.8. The molecule has 3 N–H and O–H groups in total. The van der Waals surface area contributed by atoms with E-state index in [2.05, 4.69) is 41.3 Å². The monoisotopic (exact) mass is 524 g/mol. The van der Waals surface area contributed by atoms with Gasteiger partial charge < -0.3 is 30.0 Å². The van der Waals surface area contributed by atoms with Gasteiger partial charge in [0.15, 0.2) is 11.5 Å². The van der Waals surface area contributed by atoms with Crippen molar-refractivity contribution < 1.29 is 24.1 Å². The van der Waals surface area contributed by atoms with Gasteiger partial charge >= 0.3 is 6.03 Å². The summed E-state index contributed by atoms with van der Waals surface area (Å²) in [6.45, 7) is 9.82. The van der Waals surface area contributed by atoms with Crippen molar-refractivity contribution in [2.75, 3.05) is 51.8 Å². The molecule has 0 radical (unpaired) electrons. The van der Waals surface area contributed by atoms with Crippen LogP contribution in [0.1, 0.15) is 33.6 Å². The molecule has 38 heavy (non-hydrogen) atoms. The number of methoxy groups -OCH3 is 1. The van der Waals surface area contributed by atoms with Crippen LogP contribution < -0.4 is 24.8 Å². The van der Waals surface area contributed by atoms with Gasteiger partial charge in [-0.1, -0.05) is 20.8 Å². The first kappa shape index (κ1) is 29.0. The zero-order valence-corrected chi connectivity index (χ0v) is 22.8. The molecule has 0 aliphatic rings. The Labute approximate surface area is 225 Å². The van der Waals surface area contributed by atoms with Crippen molar-refractivity contribution in [2.24, 2.45) is 5.92 Å². The largest absolute Gasteiger partial charge is 0.493 e. The van der Waals surface area contributed by atoms with Crippen molar-refractivity contribution in [3.8, 4) is 23.0 Å². The molecule has 2 amide bonds. The summed E-state index contributed by atoms with van der Waals surface area (Å²) in [6.07, 6.45) is 3.63. The Morgan fingerprint density at radius 3 is 2.53 bits per heavy atom. The van der Waals surface area contributed by atoms with Gasteiger partial charge in [0, 0.05) is 43.0 Å². The number of anilines is 1. The van der Waals surface area contributed by atoms with E-state index >= 15 is 0 Å². The quantitative estimate of drug-likeness (QED) is 0.248. The summed E-state index contributed by atoms with van der Waals surface area (Å²) in [4.78, 5) is 18.7. The molecule has 1 aromatic heterocycles. The fraction of sp³-hybridized carbons (Fsp3) is 0.448. The molecule has 0 fully saturated rings. The summed E-state index contributed by atoms with van der Waals surface area (Å²) < 4.78 is 17.8. The van der Waals surface area contributed by atoms with E-state index in [1.807, 2.05) is 12.1 Å². The number of aliphatic hydroxyl groups excluding tert-OH is 1. The van der Waals surface area contributed by atoms with E-state index in [9.17, 15) is 9.90 Å². The van der Waals surface area contributed by atoms with E-state index in [0.717, 1.165) is 30.3 Å². The van der Waals surface area contributed by atoms with Gasteiger partial charge in [-0.25, -0.2) is 4.79 Å². The van der Waals surface area contributed by atoms with E-state index in [1.54, 1.807) is 43.6 Å². The number of amides is 2. The summed E-state index contributed by atoms with van der Waals surface area (Å²) in [7, 11) is 1.60. The predicted molar refractivity (Wildman–Crippen MR) is 151 cm³/mol. The van der Waals surface area contributed by atoms with E-state index in [1.165, 1.54) is 0 Å². The topological polar surface area (TPSA) is 105 Å². The van der Waals surface area contributed by atoms with Crippen molar-refractivity contribution in [3.63, 3.8) is 0 Å². The van der Waals surface area contributed by atoms with Crippen molar-refractivity contribution in [1.82, 2.24) is 15.2 Å². The van der Waals surface area contributed by atoms with Crippen molar-refractivity contribution in [3.05, 3.63) is 48.7 Å². The van der Waals surface area contributed by atoms with Crippen LogP contribution in [0, 0.1) is 5.92 Å². The molecule has 0 spiro atoms. The maximum absolute atomic E-state index is 12.1. The molecule has 0 atom stereocenters. The number of aromatic nitrogens is 1. The lowest BCUT2D eigenvalue weighted by molar-refractivity contribution is 0.167. The zero-order chi connectivity index (χ0) is 27.3. The molecule has 3 aromatic rings. The summed E-state index contributed by atoms with van der Waals surface area (Å²) in [6, 6.07) is 12.5. The third-order valence-electron chi connectivity index (χ3n) is 5.96. The number of aliphatic hydroxyl groups is 1. The maximum Gasteiger partial charge on any atom is 0.319 e. The smallest absolute Gasteiger partial charge is 0.319 e. The number of rotatable bonds is 15. The van der Waals surface area contributed by atoms with Crippen LogP contribution in [-0.4, -0.2) is 67.5 Å². The number of nitrogens with zero attached hydrogens (tertiary/aromatic N) is 2. The van der Waals surface area contributed by atoms with Gasteiger partial charge in [0.25, 0.3) is 0 Å². The minimum atomic E-state index is -0.226. The van der Waals surface area contributed by atoms with E-state index in [-0.39, 0.29) is 12.6 Å². The number of hydrogen-bond donors (Lipinski definition) is 3. The highest BCUT2D eigenvalue weighted by atomic mass is 16.5. The third kappa shape index (κ3) is 8.78. The van der Waals surface area contributed by atoms with Gasteiger partial charge in [0.05, 0.1) is 19.2 Å². The standard InChI is InChI=1S/C29H40N4O5/c1-5-14-33(15-17-34)16-18-37-28-20-25-24(19-27(28)36-4)26(11-13-30-25)38-23-8-6-22(7-9-23)32-29(35)31-12-10-21(2)3/h6-9,11,13,19-21,34H,5,10,12,14-18H2,1-4H3,(H2,31,32,35). The number of carbonyl (C=O) groups excluding carboxylic acids is 1. The van der Waals surface area contributed by atoms with Crippen LogP contribution in [0.2, 0.25) is 0 Å². The molecule has 9 nitrogen and oxygen atoms in total. The molecule has 9 heteroatoms. The second-order valence-corrected chi connectivity index (χ2v) is 9.43. The molecule has 0 unspecified atom stereocenters. The number of hydrogen-bond acceptors (Lipinski definition) is 7. The highest BCUT2D eigenvalue weighted by molar-refractivity contribution is 5.89. The Kier molecular flexibility index (Phi) is 11.4. The Morgan fingerprint density at radius 1 is 1.05 bits per heavy atom. The van der Waals surface area contributed by atoms with Crippen molar-refractivity contribution in [2.45, 2.75) is 33.6 Å². The van der Waals surface area contributed by atoms with Gasteiger partial charge in [-0.05, 0) is 61.7 Å². The first-order valence-corrected chi connectivity index (χ1v) is 13.2. The van der Waals surface area contributed by atoms with Crippen LogP contribution in [0.5, 0.6) is 23.0 Å². The highest BCUT2D eigenvalue weighted by Crippen LogP contribution is 2.37. The predicted octanol–water partition coefficient (Wildman–Crippen LogP) is 5.29. The molecule has 0 saturated heterocycles. The van der Waals surface area contributed by atoms with Gasteiger partial charge in [0.2, 0.25) is 0 Å². The van der Waals surface area contributed by atoms with Crippen LogP contribution in [0.15, 0.2) is 48.7 Å². The van der Waals surface area contributed by atoms with Gasteiger partial charge in [-0.15, -0.1) is 0 Å². The fourth-order valence-corrected chi connectivity index (χ4v) is 3.95. The molecule has 3 rings (SSSR count). The Hall–Kier alpha value is -3.56. The number of fused-ring (bicyclic) bond motifs is 1. The molecule has 0 saturated carbocycles. The van der Waals surface area contributed by atoms with Crippen LogP contribution in [0.25, 0.3) is 10.9 Å². The summed E-state index contributed by atoms with van der Waals surface area (Å²) in [5.41, 5.74) is 1.40. The number of carbonyl (C=O) groups is 1. The van der Waals surface area contributed by atoms with Crippen LogP contribution in [0.3, 0.4) is 0 Å². The van der Waals surface area contributed by atoms with E-state index < -0.39 is 0 Å². The molecule has 0 bridgehead atoms. The lowest BCUT2D eigenvalue weighted by Gasteiger charge is -2.21. The SMILES string of the molecule is CCCN(CCO)CCOc1cc2nccc(Oc3ccc(NC(=O)NCCC(C)C)cc3)c2cc1OC. The molecule has 0 aliphatic heterocycles. The fourth-order valence-electron chi connectivity index (χ4n) is 3.95. The normalized spacial score (nSPS) is 11.1. The van der Waals surface area contributed by atoms with Gasteiger partial charge in [-0.3, -0.25) is 9.88 Å². The second kappa shape index (κ2) is 15.0. The number of urea groups is 1. The summed E-state index contributed by atoms with van der Waals surface area (Å²) >= 11 is 0. The molecular formula is C29H40N4O5. The summed E-state index contributed by atoms with van der Waals surface area (Å²) in [5.74, 6) is 2.98. The van der Waals surface area contributed by atoms with Crippen molar-refractivity contribution in [1.29, 1.82) is 0 Å². The highest BCUT2D eigenvalue weighted by Gasteiger charge is 2.13. The average Bonchev–Trinajstić information content (AvgIpc) is 2.89. The number of nitrogens with one attached hydrogen (secondary N) is 2. The molecule has 1 heterocycles. The Bertz CT molecular complexity index is 1150. The van der Waals surface area contributed by atoms with Crippen LogP contribution in [0.4, 0.5) is 10.5 Å². The second-order valence-electron chi connectivity index (χ2n) is 9.43. The molecule has 206 valence electrons. The molecular weight excluding hydrogens is 484 g/mol. The van der Waals surface area contributed by atoms with Crippen molar-refractivity contribution >= 4 is 22.6 Å². The third-order valence-corrected chi connectivity index (χ3v) is 5.96. The maximum atomic E-state index is 12.1. The first-order valence-electron chi connectivity index (χ1n) is 13.2. The molecule has 0 aliphatic carbocycles. The van der Waals surface area contributed by atoms with Crippen LogP contribution in [-0.2, 0) is 0 Å². The minimum Gasteiger partial charge on any atom is -0.493 e. The first-order chi connectivity index (χ1) is 18.4.